The summed E-state index contributed by atoms with van der Waals surface area (Å²) in [7, 11) is 0. The Labute approximate surface area is 164 Å². The third kappa shape index (κ3) is 3.50. The number of ketones is 1. The predicted octanol–water partition coefficient (Wildman–Crippen LogP) is 4.50. The van der Waals surface area contributed by atoms with Crippen LogP contribution in [0.15, 0.2) is 42.6 Å². The van der Waals surface area contributed by atoms with Crippen LogP contribution in [0, 0.1) is 18.7 Å². The zero-order chi connectivity index (χ0) is 19.7. The normalized spacial score (nSPS) is 16.6. The molecule has 1 unspecified atom stereocenters. The molecule has 4 rings (SSSR count). The number of nitrogen functional groups attached to an aromatic ring is 1. The minimum atomic E-state index is -0.260. The maximum Gasteiger partial charge on any atom is 0.167 e. The lowest BCUT2D eigenvalue weighted by atomic mass is 9.93. The van der Waals surface area contributed by atoms with Crippen LogP contribution < -0.4 is 11.1 Å². The van der Waals surface area contributed by atoms with Crippen LogP contribution in [-0.2, 0) is 0 Å². The van der Waals surface area contributed by atoms with Crippen LogP contribution in [0.3, 0.4) is 0 Å². The molecule has 0 spiro atoms. The summed E-state index contributed by atoms with van der Waals surface area (Å²) in [5.74, 6) is 0.571. The number of rotatable bonds is 5. The fourth-order valence-corrected chi connectivity index (χ4v) is 4.11. The van der Waals surface area contributed by atoms with Gasteiger partial charge in [0.05, 0.1) is 5.56 Å². The van der Waals surface area contributed by atoms with Crippen LogP contribution in [0.25, 0.3) is 21.9 Å². The van der Waals surface area contributed by atoms with Gasteiger partial charge in [0.2, 0.25) is 0 Å². The second kappa shape index (κ2) is 7.68. The number of aromatic nitrogens is 1. The lowest BCUT2D eigenvalue weighted by molar-refractivity contribution is 0.0977. The molecule has 2 aromatic carbocycles. The third-order valence-corrected chi connectivity index (χ3v) is 5.65. The van der Waals surface area contributed by atoms with Crippen LogP contribution >= 0.6 is 0 Å². The van der Waals surface area contributed by atoms with Crippen LogP contribution in [0.5, 0.6) is 0 Å². The molecule has 1 atom stereocenters. The molecule has 0 saturated carbocycles. The van der Waals surface area contributed by atoms with Crippen molar-refractivity contribution < 1.29 is 9.18 Å². The van der Waals surface area contributed by atoms with E-state index >= 15 is 0 Å². The van der Waals surface area contributed by atoms with Crippen molar-refractivity contribution in [3.63, 3.8) is 0 Å². The van der Waals surface area contributed by atoms with Crippen molar-refractivity contribution in [1.82, 2.24) is 10.3 Å². The van der Waals surface area contributed by atoms with Crippen molar-refractivity contribution in [3.05, 3.63) is 59.5 Å². The average Bonchev–Trinajstić information content (AvgIpc) is 3.19. The van der Waals surface area contributed by atoms with Gasteiger partial charge in [-0.3, -0.25) is 4.79 Å². The van der Waals surface area contributed by atoms with Crippen LogP contribution in [0.1, 0.15) is 35.2 Å². The highest BCUT2D eigenvalue weighted by Crippen LogP contribution is 2.32. The molecule has 1 saturated heterocycles. The first-order valence-electron chi connectivity index (χ1n) is 9.72. The first kappa shape index (κ1) is 18.6. The predicted molar refractivity (Wildman–Crippen MR) is 111 cm³/mol. The second-order valence-corrected chi connectivity index (χ2v) is 7.57. The number of nitrogens with one attached hydrogen (secondary N) is 1. The van der Waals surface area contributed by atoms with Crippen LogP contribution in [-0.4, -0.2) is 23.9 Å². The van der Waals surface area contributed by atoms with Crippen LogP contribution in [0.4, 0.5) is 10.2 Å². The molecule has 1 aliphatic rings. The number of carbonyl (C=O) groups excluding carboxylic acids is 1. The first-order valence-corrected chi connectivity index (χ1v) is 9.72. The van der Waals surface area contributed by atoms with E-state index in [9.17, 15) is 9.18 Å². The number of nitrogens with zero attached hydrogens (tertiary/aromatic N) is 1. The summed E-state index contributed by atoms with van der Waals surface area (Å²) in [5, 5.41) is 4.90. The van der Waals surface area contributed by atoms with Gasteiger partial charge < -0.3 is 11.1 Å². The topological polar surface area (TPSA) is 68.0 Å². The van der Waals surface area contributed by atoms with E-state index < -0.39 is 0 Å². The molecule has 5 heteroatoms. The Morgan fingerprint density at radius 3 is 2.93 bits per heavy atom. The standard InChI is InChI=1S/C23H24FN3O/c1-14-3-2-4-19(24)21(14)16-6-7-18-17(11-16)13-27-23(25)22(18)20(28)8-5-15-9-10-26-12-15/h2-4,6-7,11,13,15,26H,5,8-10,12H2,1H3,(H2,25,27). The van der Waals surface area contributed by atoms with Gasteiger partial charge in [-0.15, -0.1) is 0 Å². The molecule has 4 nitrogen and oxygen atoms in total. The van der Waals surface area contributed by atoms with Gasteiger partial charge in [-0.25, -0.2) is 9.37 Å². The summed E-state index contributed by atoms with van der Waals surface area (Å²) in [6.07, 6.45) is 4.09. The number of nitrogens with two attached hydrogens (primary N) is 1. The second-order valence-electron chi connectivity index (χ2n) is 7.57. The van der Waals surface area contributed by atoms with Crippen molar-refractivity contribution >= 4 is 22.4 Å². The minimum absolute atomic E-state index is 0.0253. The third-order valence-electron chi connectivity index (χ3n) is 5.65. The summed E-state index contributed by atoms with van der Waals surface area (Å²) in [4.78, 5) is 17.1. The van der Waals surface area contributed by atoms with E-state index in [2.05, 4.69) is 10.3 Å². The number of Topliss-reactive ketones (excluding diaryl/α,β-unsaturated/α-hetero) is 1. The highest BCUT2D eigenvalue weighted by Gasteiger charge is 2.20. The van der Waals surface area contributed by atoms with Gasteiger partial charge in [0.15, 0.2) is 5.78 Å². The van der Waals surface area contributed by atoms with Gasteiger partial charge >= 0.3 is 0 Å². The number of aryl methyl sites for hydroxylation is 1. The quantitative estimate of drug-likeness (QED) is 0.642. The van der Waals surface area contributed by atoms with E-state index in [1.54, 1.807) is 12.3 Å². The summed E-state index contributed by atoms with van der Waals surface area (Å²) in [6, 6.07) is 10.6. The van der Waals surface area contributed by atoms with E-state index in [1.807, 2.05) is 31.2 Å². The van der Waals surface area contributed by atoms with E-state index in [0.29, 0.717) is 23.5 Å². The molecule has 3 N–H and O–H groups in total. The molecule has 1 aliphatic heterocycles. The zero-order valence-electron chi connectivity index (χ0n) is 16.0. The molecule has 144 valence electrons. The maximum atomic E-state index is 14.4. The number of halogens is 1. The molecular formula is C23H24FN3O. The summed E-state index contributed by atoms with van der Waals surface area (Å²) in [5.41, 5.74) is 8.76. The molecule has 2 heterocycles. The van der Waals surface area contributed by atoms with Crippen molar-refractivity contribution in [2.45, 2.75) is 26.2 Å². The van der Waals surface area contributed by atoms with Crippen molar-refractivity contribution in [2.24, 2.45) is 5.92 Å². The molecule has 0 aliphatic carbocycles. The number of carbonyl (C=O) groups is 1. The van der Waals surface area contributed by atoms with Crippen molar-refractivity contribution in [1.29, 1.82) is 0 Å². The minimum Gasteiger partial charge on any atom is -0.383 e. The molecule has 0 radical (unpaired) electrons. The smallest absolute Gasteiger partial charge is 0.167 e. The van der Waals surface area contributed by atoms with E-state index in [4.69, 9.17) is 5.73 Å². The summed E-state index contributed by atoms with van der Waals surface area (Å²) >= 11 is 0. The highest BCUT2D eigenvalue weighted by atomic mass is 19.1. The fraction of sp³-hybridized carbons (Fsp3) is 0.304. The number of hydrogen-bond donors (Lipinski definition) is 2. The highest BCUT2D eigenvalue weighted by molar-refractivity contribution is 6.11. The van der Waals surface area contributed by atoms with Gasteiger partial charge in [-0.1, -0.05) is 24.3 Å². The number of benzene rings is 2. The Kier molecular flexibility index (Phi) is 5.09. The van der Waals surface area contributed by atoms with Gasteiger partial charge in [0.25, 0.3) is 0 Å². The van der Waals surface area contributed by atoms with Gasteiger partial charge in [-0.05, 0) is 67.4 Å². The molecular weight excluding hydrogens is 353 g/mol. The fourth-order valence-electron chi connectivity index (χ4n) is 4.11. The van der Waals surface area contributed by atoms with E-state index in [-0.39, 0.29) is 17.4 Å². The Bertz CT molecular complexity index is 1020. The number of pyridine rings is 1. The monoisotopic (exact) mass is 377 g/mol. The average molecular weight is 377 g/mol. The molecule has 3 aromatic rings. The van der Waals surface area contributed by atoms with Gasteiger partial charge in [-0.2, -0.15) is 0 Å². The maximum absolute atomic E-state index is 14.4. The van der Waals surface area contributed by atoms with Gasteiger partial charge in [0, 0.05) is 23.6 Å². The molecule has 1 aromatic heterocycles. The zero-order valence-corrected chi connectivity index (χ0v) is 16.0. The molecule has 28 heavy (non-hydrogen) atoms. The van der Waals surface area contributed by atoms with Gasteiger partial charge in [0.1, 0.15) is 11.6 Å². The number of anilines is 1. The van der Waals surface area contributed by atoms with Crippen molar-refractivity contribution in [3.8, 4) is 11.1 Å². The Balaban J connectivity index is 1.70. The number of hydrogen-bond acceptors (Lipinski definition) is 4. The first-order chi connectivity index (χ1) is 13.5. The lowest BCUT2D eigenvalue weighted by Gasteiger charge is -2.13. The summed E-state index contributed by atoms with van der Waals surface area (Å²) < 4.78 is 14.4. The Hall–Kier alpha value is -2.79. The van der Waals surface area contributed by atoms with Crippen molar-refractivity contribution in [2.75, 3.05) is 18.8 Å². The molecule has 0 bridgehead atoms. The SMILES string of the molecule is Cc1cccc(F)c1-c1ccc2c(C(=O)CCC3CCNC3)c(N)ncc2c1. The summed E-state index contributed by atoms with van der Waals surface area (Å²) in [6.45, 7) is 3.88. The van der Waals surface area contributed by atoms with Crippen LogP contribution in [0.2, 0.25) is 0 Å². The largest absolute Gasteiger partial charge is 0.383 e. The Morgan fingerprint density at radius 2 is 2.18 bits per heavy atom. The van der Waals surface area contributed by atoms with E-state index in [0.717, 1.165) is 47.8 Å². The Morgan fingerprint density at radius 1 is 1.32 bits per heavy atom. The van der Waals surface area contributed by atoms with E-state index in [1.165, 1.54) is 6.07 Å². The molecule has 1 fully saturated rings. The molecule has 0 amide bonds. The number of fused-ring (bicyclic) bond motifs is 1. The lowest BCUT2D eigenvalue weighted by Crippen LogP contribution is -2.12.